The van der Waals surface area contributed by atoms with Crippen LogP contribution in [0, 0.1) is 6.92 Å². The molecule has 0 spiro atoms. The summed E-state index contributed by atoms with van der Waals surface area (Å²) < 4.78 is 28.5. The van der Waals surface area contributed by atoms with Gasteiger partial charge in [0.25, 0.3) is 5.91 Å². The molecule has 0 atom stereocenters. The first-order valence-electron chi connectivity index (χ1n) is 9.92. The second-order valence-electron chi connectivity index (χ2n) is 7.49. The van der Waals surface area contributed by atoms with Crippen LogP contribution in [0.1, 0.15) is 33.2 Å². The molecule has 1 saturated heterocycles. The van der Waals surface area contributed by atoms with Crippen LogP contribution in [0.5, 0.6) is 0 Å². The largest absolute Gasteiger partial charge is 0.345 e. The molecule has 3 aromatic rings. The molecule has 0 aliphatic carbocycles. The predicted octanol–water partition coefficient (Wildman–Crippen LogP) is 3.82. The maximum absolute atomic E-state index is 12.8. The standard InChI is InChI=1S/C21H23ClN4O3S2/c1-14-20(15-5-7-16(22)8-6-15)24-19(30-14)12-23-21(27)18-11-17(13-25(18)2)31(28,29)26-9-3-4-10-26/h5-8,11,13H,3-4,9-10,12H2,1-2H3,(H,23,27). The number of amides is 1. The van der Waals surface area contributed by atoms with Gasteiger partial charge in [0.1, 0.15) is 15.6 Å². The first kappa shape index (κ1) is 22.0. The lowest BCUT2D eigenvalue weighted by Gasteiger charge is -2.13. The van der Waals surface area contributed by atoms with Gasteiger partial charge in [-0.25, -0.2) is 13.4 Å². The van der Waals surface area contributed by atoms with E-state index in [0.717, 1.165) is 34.0 Å². The summed E-state index contributed by atoms with van der Waals surface area (Å²) in [5, 5.41) is 4.29. The number of aromatic nitrogens is 2. The molecular weight excluding hydrogens is 456 g/mol. The quantitative estimate of drug-likeness (QED) is 0.583. The summed E-state index contributed by atoms with van der Waals surface area (Å²) in [7, 11) is -1.89. The lowest BCUT2D eigenvalue weighted by molar-refractivity contribution is 0.0942. The molecule has 10 heteroatoms. The normalized spacial score (nSPS) is 14.8. The van der Waals surface area contributed by atoms with Crippen LogP contribution in [-0.2, 0) is 23.6 Å². The van der Waals surface area contributed by atoms with Crippen LogP contribution < -0.4 is 5.32 Å². The van der Waals surface area contributed by atoms with Gasteiger partial charge in [-0.15, -0.1) is 11.3 Å². The zero-order chi connectivity index (χ0) is 22.2. The van der Waals surface area contributed by atoms with Gasteiger partial charge in [-0.3, -0.25) is 4.79 Å². The highest BCUT2D eigenvalue weighted by molar-refractivity contribution is 7.89. The van der Waals surface area contributed by atoms with E-state index in [1.165, 1.54) is 27.9 Å². The molecular formula is C21H23ClN4O3S2. The summed E-state index contributed by atoms with van der Waals surface area (Å²) in [6.07, 6.45) is 3.23. The number of carbonyl (C=O) groups excluding carboxylic acids is 1. The Kier molecular flexibility index (Phi) is 6.20. The Hall–Kier alpha value is -2.20. The molecule has 0 radical (unpaired) electrons. The van der Waals surface area contributed by atoms with Crippen molar-refractivity contribution in [3.63, 3.8) is 0 Å². The molecule has 0 saturated carbocycles. The fourth-order valence-electron chi connectivity index (χ4n) is 3.63. The van der Waals surface area contributed by atoms with E-state index in [9.17, 15) is 13.2 Å². The van der Waals surface area contributed by atoms with Crippen LogP contribution in [0.2, 0.25) is 5.02 Å². The van der Waals surface area contributed by atoms with Gasteiger partial charge in [-0.1, -0.05) is 23.7 Å². The molecule has 1 aliphatic heterocycles. The maximum atomic E-state index is 12.8. The van der Waals surface area contributed by atoms with Gasteiger partial charge in [0.05, 0.1) is 12.2 Å². The molecule has 4 rings (SSSR count). The molecule has 2 aromatic heterocycles. The Balaban J connectivity index is 1.47. The van der Waals surface area contributed by atoms with Gasteiger partial charge in [-0.05, 0) is 38.0 Å². The summed E-state index contributed by atoms with van der Waals surface area (Å²) in [6.45, 7) is 3.30. The van der Waals surface area contributed by atoms with E-state index in [1.54, 1.807) is 11.6 Å². The van der Waals surface area contributed by atoms with Crippen molar-refractivity contribution in [1.29, 1.82) is 0 Å². The lowest BCUT2D eigenvalue weighted by atomic mass is 10.1. The molecule has 1 aliphatic rings. The van der Waals surface area contributed by atoms with Gasteiger partial charge in [0, 0.05) is 41.8 Å². The fourth-order valence-corrected chi connectivity index (χ4v) is 6.24. The van der Waals surface area contributed by atoms with Crippen molar-refractivity contribution in [1.82, 2.24) is 19.2 Å². The molecule has 0 unspecified atom stereocenters. The van der Waals surface area contributed by atoms with E-state index >= 15 is 0 Å². The van der Waals surface area contributed by atoms with Crippen molar-refractivity contribution in [2.45, 2.75) is 31.2 Å². The monoisotopic (exact) mass is 478 g/mol. The maximum Gasteiger partial charge on any atom is 0.268 e. The van der Waals surface area contributed by atoms with Crippen molar-refractivity contribution >= 4 is 38.9 Å². The number of hydrogen-bond acceptors (Lipinski definition) is 5. The molecule has 1 fully saturated rings. The molecule has 1 N–H and O–H groups in total. The van der Waals surface area contributed by atoms with E-state index in [4.69, 9.17) is 11.6 Å². The van der Waals surface area contributed by atoms with Crippen molar-refractivity contribution < 1.29 is 13.2 Å². The van der Waals surface area contributed by atoms with E-state index in [2.05, 4.69) is 10.3 Å². The summed E-state index contributed by atoms with van der Waals surface area (Å²) in [5.41, 5.74) is 2.13. The number of halogens is 1. The number of hydrogen-bond donors (Lipinski definition) is 1. The molecule has 0 bridgehead atoms. The SMILES string of the molecule is Cc1sc(CNC(=O)c2cc(S(=O)(=O)N3CCCC3)cn2C)nc1-c1ccc(Cl)cc1. The molecule has 164 valence electrons. The van der Waals surface area contributed by atoms with E-state index in [1.807, 2.05) is 31.2 Å². The summed E-state index contributed by atoms with van der Waals surface area (Å²) in [5.74, 6) is -0.341. The first-order valence-corrected chi connectivity index (χ1v) is 12.6. The topological polar surface area (TPSA) is 84.3 Å². The second kappa shape index (κ2) is 8.74. The number of thiazole rings is 1. The zero-order valence-electron chi connectivity index (χ0n) is 17.3. The minimum Gasteiger partial charge on any atom is -0.345 e. The predicted molar refractivity (Wildman–Crippen MR) is 122 cm³/mol. The fraction of sp³-hybridized carbons (Fsp3) is 0.333. The number of rotatable bonds is 6. The van der Waals surface area contributed by atoms with Crippen LogP contribution in [0.25, 0.3) is 11.3 Å². The molecule has 31 heavy (non-hydrogen) atoms. The van der Waals surface area contributed by atoms with Gasteiger partial charge in [0.15, 0.2) is 0 Å². The van der Waals surface area contributed by atoms with Crippen molar-refractivity contribution in [3.05, 3.63) is 57.1 Å². The Bertz CT molecular complexity index is 1210. The Labute approximate surface area is 190 Å². The smallest absolute Gasteiger partial charge is 0.268 e. The van der Waals surface area contributed by atoms with Gasteiger partial charge < -0.3 is 9.88 Å². The van der Waals surface area contributed by atoms with Crippen LogP contribution in [-0.4, -0.2) is 41.3 Å². The van der Waals surface area contributed by atoms with Gasteiger partial charge in [-0.2, -0.15) is 4.31 Å². The number of nitrogens with one attached hydrogen (secondary N) is 1. The van der Waals surface area contributed by atoms with Crippen molar-refractivity contribution in [2.24, 2.45) is 7.05 Å². The summed E-state index contributed by atoms with van der Waals surface area (Å²) >= 11 is 7.47. The highest BCUT2D eigenvalue weighted by Gasteiger charge is 2.29. The second-order valence-corrected chi connectivity index (χ2v) is 11.1. The Morgan fingerprint density at radius 2 is 1.90 bits per heavy atom. The van der Waals surface area contributed by atoms with E-state index < -0.39 is 10.0 Å². The third-order valence-corrected chi connectivity index (χ3v) is 8.36. The van der Waals surface area contributed by atoms with Crippen molar-refractivity contribution in [3.8, 4) is 11.3 Å². The first-order chi connectivity index (χ1) is 14.8. The van der Waals surface area contributed by atoms with Gasteiger partial charge in [0.2, 0.25) is 10.0 Å². The third-order valence-electron chi connectivity index (χ3n) is 5.27. The number of carbonyl (C=O) groups is 1. The van der Waals surface area contributed by atoms with Crippen LogP contribution >= 0.6 is 22.9 Å². The molecule has 1 aromatic carbocycles. The summed E-state index contributed by atoms with van der Waals surface area (Å²) in [4.78, 5) is 18.6. The number of aryl methyl sites for hydroxylation is 2. The van der Waals surface area contributed by atoms with E-state index in [0.29, 0.717) is 23.8 Å². The third kappa shape index (κ3) is 4.55. The zero-order valence-corrected chi connectivity index (χ0v) is 19.6. The van der Waals surface area contributed by atoms with E-state index in [-0.39, 0.29) is 17.3 Å². The highest BCUT2D eigenvalue weighted by atomic mass is 35.5. The molecule has 3 heterocycles. The minimum absolute atomic E-state index is 0.150. The van der Waals surface area contributed by atoms with Gasteiger partial charge >= 0.3 is 0 Å². The number of nitrogens with zero attached hydrogens (tertiary/aromatic N) is 3. The van der Waals surface area contributed by atoms with Crippen LogP contribution in [0.15, 0.2) is 41.4 Å². The Morgan fingerprint density at radius 3 is 2.58 bits per heavy atom. The highest BCUT2D eigenvalue weighted by Crippen LogP contribution is 2.28. The molecule has 7 nitrogen and oxygen atoms in total. The average molecular weight is 479 g/mol. The minimum atomic E-state index is -3.56. The van der Waals surface area contributed by atoms with Crippen LogP contribution in [0.3, 0.4) is 0 Å². The molecule has 1 amide bonds. The number of benzene rings is 1. The number of sulfonamides is 1. The van der Waals surface area contributed by atoms with Crippen molar-refractivity contribution in [2.75, 3.05) is 13.1 Å². The average Bonchev–Trinajstić information content (AvgIpc) is 3.47. The lowest BCUT2D eigenvalue weighted by Crippen LogP contribution is -2.27. The Morgan fingerprint density at radius 1 is 1.23 bits per heavy atom. The summed E-state index contributed by atoms with van der Waals surface area (Å²) in [6, 6.07) is 8.91. The van der Waals surface area contributed by atoms with Crippen LogP contribution in [0.4, 0.5) is 0 Å².